The van der Waals surface area contributed by atoms with E-state index in [4.69, 9.17) is 36.0 Å². The van der Waals surface area contributed by atoms with Crippen molar-refractivity contribution in [1.29, 1.82) is 0 Å². The number of likely N-dealkylation sites (N-methyl/N-ethyl adjacent to an activating group) is 1. The Hall–Kier alpha value is 0.0738. The molecule has 0 amide bonds. The van der Waals surface area contributed by atoms with Gasteiger partial charge >= 0.3 is 17.6 Å². The maximum Gasteiger partial charge on any atom is 0.500 e. The molecular weight excluding hydrogens is 402 g/mol. The van der Waals surface area contributed by atoms with Crippen molar-refractivity contribution >= 4 is 17.6 Å². The van der Waals surface area contributed by atoms with E-state index in [9.17, 15) is 0 Å². The third kappa shape index (κ3) is 11.3. The van der Waals surface area contributed by atoms with Crippen molar-refractivity contribution in [3.05, 3.63) is 0 Å². The zero-order chi connectivity index (χ0) is 21.3. The highest BCUT2D eigenvalue weighted by atomic mass is 28.4. The summed E-state index contributed by atoms with van der Waals surface area (Å²) in [5.74, 6) is 0. The van der Waals surface area contributed by atoms with Crippen LogP contribution in [0.4, 0.5) is 0 Å². The SMILES string of the molecule is CO[Si](CCCOCCN(C)CCOCCC[Si](OC)(OC)OC)(OC)OC. The zero-order valence-electron chi connectivity index (χ0n) is 18.8. The number of nitrogens with zero attached hydrogens (tertiary/aromatic N) is 1. The molecule has 11 heteroatoms. The van der Waals surface area contributed by atoms with Gasteiger partial charge in [0.05, 0.1) is 13.2 Å². The Bertz CT molecular complexity index is 312. The fourth-order valence-corrected chi connectivity index (χ4v) is 6.03. The van der Waals surface area contributed by atoms with Crippen LogP contribution in [0.15, 0.2) is 0 Å². The first-order chi connectivity index (χ1) is 13.5. The van der Waals surface area contributed by atoms with E-state index in [1.807, 2.05) is 0 Å². The van der Waals surface area contributed by atoms with Crippen molar-refractivity contribution in [2.24, 2.45) is 0 Å². The van der Waals surface area contributed by atoms with E-state index in [1.54, 1.807) is 42.7 Å². The van der Waals surface area contributed by atoms with Crippen molar-refractivity contribution < 1.29 is 36.0 Å². The van der Waals surface area contributed by atoms with Crippen LogP contribution in [0.3, 0.4) is 0 Å². The van der Waals surface area contributed by atoms with Gasteiger partial charge in [-0.25, -0.2) is 0 Å². The summed E-state index contributed by atoms with van der Waals surface area (Å²) in [6.45, 7) is 4.41. The molecular formula is C17H41NO8Si2. The number of rotatable bonds is 20. The normalized spacial score (nSPS) is 12.9. The second-order valence-corrected chi connectivity index (χ2v) is 12.5. The van der Waals surface area contributed by atoms with Crippen LogP contribution in [0.2, 0.25) is 12.1 Å². The van der Waals surface area contributed by atoms with Crippen LogP contribution in [0, 0.1) is 0 Å². The third-order valence-electron chi connectivity index (χ3n) is 4.64. The molecule has 0 saturated carbocycles. The van der Waals surface area contributed by atoms with Crippen molar-refractivity contribution in [2.75, 3.05) is 89.2 Å². The number of hydrogen-bond donors (Lipinski definition) is 0. The topological polar surface area (TPSA) is 77.1 Å². The lowest BCUT2D eigenvalue weighted by Crippen LogP contribution is -2.42. The largest absolute Gasteiger partial charge is 0.500 e. The van der Waals surface area contributed by atoms with Gasteiger partial charge in [0, 0.05) is 81.1 Å². The second kappa shape index (κ2) is 16.8. The van der Waals surface area contributed by atoms with Crippen LogP contribution in [0.1, 0.15) is 12.8 Å². The van der Waals surface area contributed by atoms with Gasteiger partial charge in [0.25, 0.3) is 0 Å². The minimum absolute atomic E-state index is 0.666. The first-order valence-electron chi connectivity index (χ1n) is 9.62. The van der Waals surface area contributed by atoms with Crippen LogP contribution in [-0.4, -0.2) is 112 Å². The highest BCUT2D eigenvalue weighted by Crippen LogP contribution is 2.15. The summed E-state index contributed by atoms with van der Waals surface area (Å²) in [6, 6.07) is 1.50. The molecule has 0 radical (unpaired) electrons. The highest BCUT2D eigenvalue weighted by Gasteiger charge is 2.37. The number of ether oxygens (including phenoxy) is 2. The van der Waals surface area contributed by atoms with Crippen molar-refractivity contribution in [1.82, 2.24) is 4.90 Å². The van der Waals surface area contributed by atoms with Crippen molar-refractivity contribution in [2.45, 2.75) is 24.9 Å². The summed E-state index contributed by atoms with van der Waals surface area (Å²) in [6.07, 6.45) is 1.70. The monoisotopic (exact) mass is 443 g/mol. The molecule has 0 aromatic carbocycles. The van der Waals surface area contributed by atoms with E-state index in [0.29, 0.717) is 26.4 Å². The molecule has 0 unspecified atom stereocenters. The van der Waals surface area contributed by atoms with Gasteiger partial charge < -0.3 is 40.9 Å². The Labute approximate surface area is 173 Å². The van der Waals surface area contributed by atoms with Crippen LogP contribution in [-0.2, 0) is 36.0 Å². The van der Waals surface area contributed by atoms with Crippen LogP contribution >= 0.6 is 0 Å². The average molecular weight is 444 g/mol. The first-order valence-corrected chi connectivity index (χ1v) is 13.5. The zero-order valence-corrected chi connectivity index (χ0v) is 20.8. The predicted molar refractivity (Wildman–Crippen MR) is 112 cm³/mol. The van der Waals surface area contributed by atoms with E-state index in [0.717, 1.165) is 38.0 Å². The van der Waals surface area contributed by atoms with Crippen LogP contribution < -0.4 is 0 Å². The molecule has 0 bridgehead atoms. The van der Waals surface area contributed by atoms with E-state index >= 15 is 0 Å². The number of hydrogen-bond acceptors (Lipinski definition) is 9. The van der Waals surface area contributed by atoms with Gasteiger partial charge in [-0.15, -0.1) is 0 Å². The van der Waals surface area contributed by atoms with Crippen molar-refractivity contribution in [3.8, 4) is 0 Å². The molecule has 0 fully saturated rings. The summed E-state index contributed by atoms with van der Waals surface area (Å²) in [7, 11) is 6.87. The summed E-state index contributed by atoms with van der Waals surface area (Å²) in [5, 5.41) is 0. The molecule has 0 atom stereocenters. The Morgan fingerprint density at radius 1 is 0.536 bits per heavy atom. The lowest BCUT2D eigenvalue weighted by molar-refractivity contribution is 0.0776. The standard InChI is InChI=1S/C17H41NO8Si2/c1-18(10-14-25-12-8-16-27(19-2,20-3)21-4)11-15-26-13-9-17-28(22-5,23-6)24-7/h8-17H2,1-7H3. The highest BCUT2D eigenvalue weighted by molar-refractivity contribution is 6.60. The molecule has 0 N–H and O–H groups in total. The summed E-state index contributed by atoms with van der Waals surface area (Å²) >= 11 is 0. The molecule has 0 aliphatic carbocycles. The molecule has 0 heterocycles. The second-order valence-electron chi connectivity index (χ2n) is 6.33. The van der Waals surface area contributed by atoms with Crippen LogP contribution in [0.25, 0.3) is 0 Å². The smallest absolute Gasteiger partial charge is 0.380 e. The first kappa shape index (κ1) is 28.1. The van der Waals surface area contributed by atoms with Crippen molar-refractivity contribution in [3.63, 3.8) is 0 Å². The minimum atomic E-state index is -2.48. The Morgan fingerprint density at radius 3 is 1.14 bits per heavy atom. The third-order valence-corrected chi connectivity index (χ3v) is 10.3. The van der Waals surface area contributed by atoms with E-state index in [-0.39, 0.29) is 0 Å². The molecule has 0 aliphatic heterocycles. The van der Waals surface area contributed by atoms with Gasteiger partial charge in [-0.2, -0.15) is 0 Å². The van der Waals surface area contributed by atoms with Gasteiger partial charge in [-0.1, -0.05) is 0 Å². The minimum Gasteiger partial charge on any atom is -0.380 e. The van der Waals surface area contributed by atoms with E-state index < -0.39 is 17.6 Å². The molecule has 0 spiro atoms. The lowest BCUT2D eigenvalue weighted by Gasteiger charge is -2.24. The van der Waals surface area contributed by atoms with Gasteiger partial charge in [0.15, 0.2) is 0 Å². The molecule has 0 saturated heterocycles. The quantitative estimate of drug-likeness (QED) is 0.205. The average Bonchev–Trinajstić information content (AvgIpc) is 2.74. The lowest BCUT2D eigenvalue weighted by atomic mass is 10.5. The fourth-order valence-electron chi connectivity index (χ4n) is 2.65. The summed E-state index contributed by atoms with van der Waals surface area (Å²) in [4.78, 5) is 2.19. The molecule has 28 heavy (non-hydrogen) atoms. The van der Waals surface area contributed by atoms with Crippen LogP contribution in [0.5, 0.6) is 0 Å². The molecule has 0 aliphatic rings. The summed E-state index contributed by atoms with van der Waals surface area (Å²) in [5.41, 5.74) is 0. The maximum atomic E-state index is 5.69. The Balaban J connectivity index is 3.65. The molecule has 0 aromatic rings. The van der Waals surface area contributed by atoms with E-state index in [1.165, 1.54) is 0 Å². The Morgan fingerprint density at radius 2 is 0.857 bits per heavy atom. The molecule has 0 rings (SSSR count). The fraction of sp³-hybridized carbons (Fsp3) is 1.00. The van der Waals surface area contributed by atoms with Gasteiger partial charge in [-0.3, -0.25) is 0 Å². The van der Waals surface area contributed by atoms with Gasteiger partial charge in [0.1, 0.15) is 0 Å². The predicted octanol–water partition coefficient (Wildman–Crippen LogP) is 1.49. The molecule has 0 aromatic heterocycles. The maximum absolute atomic E-state index is 5.69. The molecule has 170 valence electrons. The van der Waals surface area contributed by atoms with E-state index in [2.05, 4.69) is 11.9 Å². The van der Waals surface area contributed by atoms with Gasteiger partial charge in [0.2, 0.25) is 0 Å². The van der Waals surface area contributed by atoms with Gasteiger partial charge in [-0.05, 0) is 19.9 Å². The summed E-state index contributed by atoms with van der Waals surface area (Å²) < 4.78 is 43.7. The molecule has 9 nitrogen and oxygen atoms in total. The Kier molecular flexibility index (Phi) is 16.9.